The molecule has 1 N–H and O–H groups in total. The molecule has 0 fully saturated rings. The molecule has 4 nitrogen and oxygen atoms in total. The van der Waals surface area contributed by atoms with Crippen molar-refractivity contribution in [3.63, 3.8) is 0 Å². The maximum absolute atomic E-state index is 11.8. The lowest BCUT2D eigenvalue weighted by molar-refractivity contribution is -0.118. The van der Waals surface area contributed by atoms with Gasteiger partial charge in [-0.3, -0.25) is 4.79 Å². The summed E-state index contributed by atoms with van der Waals surface area (Å²) in [7, 11) is 0. The molecule has 5 heteroatoms. The second-order valence-corrected chi connectivity index (χ2v) is 4.87. The fourth-order valence-corrected chi connectivity index (χ4v) is 1.93. The van der Waals surface area contributed by atoms with Gasteiger partial charge in [0.1, 0.15) is 11.8 Å². The van der Waals surface area contributed by atoms with Crippen molar-refractivity contribution in [3.05, 3.63) is 58.6 Å². The number of nitrogens with zero attached hydrogens (tertiary/aromatic N) is 1. The predicted molar refractivity (Wildman–Crippen MR) is 79.4 cm³/mol. The average Bonchev–Trinajstić information content (AvgIpc) is 2.48. The first kappa shape index (κ1) is 14.1. The Morgan fingerprint density at radius 1 is 1.25 bits per heavy atom. The Balaban J connectivity index is 1.97. The summed E-state index contributed by atoms with van der Waals surface area (Å²) in [5.41, 5.74) is 0.866. The molecule has 0 spiro atoms. The van der Waals surface area contributed by atoms with E-state index in [1.54, 1.807) is 30.3 Å². The van der Waals surface area contributed by atoms with E-state index in [0.717, 1.165) is 4.47 Å². The number of rotatable bonds is 4. The lowest BCUT2D eigenvalue weighted by Crippen LogP contribution is -2.20. The first-order valence-corrected chi connectivity index (χ1v) is 6.65. The molecule has 0 saturated heterocycles. The van der Waals surface area contributed by atoms with E-state index in [0.29, 0.717) is 17.0 Å². The van der Waals surface area contributed by atoms with Gasteiger partial charge in [0, 0.05) is 4.47 Å². The van der Waals surface area contributed by atoms with Crippen molar-refractivity contribution < 1.29 is 9.53 Å². The molecule has 0 aromatic heterocycles. The van der Waals surface area contributed by atoms with Gasteiger partial charge in [-0.25, -0.2) is 0 Å². The molecule has 0 bridgehead atoms. The molecule has 0 radical (unpaired) electrons. The van der Waals surface area contributed by atoms with Crippen LogP contribution in [0.1, 0.15) is 5.56 Å². The van der Waals surface area contributed by atoms with Gasteiger partial charge in [-0.05, 0) is 30.3 Å². The lowest BCUT2D eigenvalue weighted by Gasteiger charge is -2.08. The highest BCUT2D eigenvalue weighted by molar-refractivity contribution is 9.10. The molecule has 0 atom stereocenters. The number of nitrogens with one attached hydrogen (secondary N) is 1. The third-order valence-electron chi connectivity index (χ3n) is 2.49. The van der Waals surface area contributed by atoms with Crippen molar-refractivity contribution in [3.8, 4) is 11.8 Å². The molecule has 0 saturated carbocycles. The van der Waals surface area contributed by atoms with Crippen LogP contribution in [0.5, 0.6) is 5.75 Å². The standard InChI is InChI=1S/C15H11BrN2O2/c16-12-6-7-14(11(8-12)9-17)18-15(19)10-20-13-4-2-1-3-5-13/h1-8H,10H2,(H,18,19). The van der Waals surface area contributed by atoms with Crippen LogP contribution in [-0.4, -0.2) is 12.5 Å². The van der Waals surface area contributed by atoms with Gasteiger partial charge in [0.2, 0.25) is 0 Å². The minimum Gasteiger partial charge on any atom is -0.484 e. The Morgan fingerprint density at radius 2 is 2.00 bits per heavy atom. The van der Waals surface area contributed by atoms with Crippen LogP contribution in [0.3, 0.4) is 0 Å². The van der Waals surface area contributed by atoms with Crippen LogP contribution in [0.15, 0.2) is 53.0 Å². The van der Waals surface area contributed by atoms with E-state index < -0.39 is 0 Å². The summed E-state index contributed by atoms with van der Waals surface area (Å²) >= 11 is 3.28. The summed E-state index contributed by atoms with van der Waals surface area (Å²) in [6.07, 6.45) is 0. The highest BCUT2D eigenvalue weighted by Crippen LogP contribution is 2.20. The summed E-state index contributed by atoms with van der Waals surface area (Å²) < 4.78 is 6.12. The number of amides is 1. The van der Waals surface area contributed by atoms with Crippen LogP contribution < -0.4 is 10.1 Å². The summed E-state index contributed by atoms with van der Waals surface area (Å²) in [5.74, 6) is 0.312. The van der Waals surface area contributed by atoms with Gasteiger partial charge >= 0.3 is 0 Å². The number of carbonyl (C=O) groups excluding carboxylic acids is 1. The predicted octanol–water partition coefficient (Wildman–Crippen LogP) is 3.34. The van der Waals surface area contributed by atoms with E-state index in [1.807, 2.05) is 24.3 Å². The van der Waals surface area contributed by atoms with Crippen LogP contribution in [0, 0.1) is 11.3 Å². The molecule has 0 aliphatic heterocycles. The third-order valence-corrected chi connectivity index (χ3v) is 2.98. The first-order valence-electron chi connectivity index (χ1n) is 5.86. The lowest BCUT2D eigenvalue weighted by atomic mass is 10.2. The Morgan fingerprint density at radius 3 is 2.70 bits per heavy atom. The zero-order valence-corrected chi connectivity index (χ0v) is 12.1. The summed E-state index contributed by atoms with van der Waals surface area (Å²) in [6, 6.07) is 16.2. The van der Waals surface area contributed by atoms with Crippen molar-refractivity contribution in [1.82, 2.24) is 0 Å². The SMILES string of the molecule is N#Cc1cc(Br)ccc1NC(=O)COc1ccccc1. The number of para-hydroxylation sites is 1. The zero-order chi connectivity index (χ0) is 14.4. The number of carbonyl (C=O) groups is 1. The number of hydrogen-bond donors (Lipinski definition) is 1. The molecule has 0 heterocycles. The number of anilines is 1. The Labute approximate surface area is 125 Å². The summed E-state index contributed by atoms with van der Waals surface area (Å²) in [6.45, 7) is -0.106. The fraction of sp³-hybridized carbons (Fsp3) is 0.0667. The normalized spacial score (nSPS) is 9.60. The van der Waals surface area contributed by atoms with Crippen LogP contribution in [0.4, 0.5) is 5.69 Å². The molecule has 1 amide bonds. The van der Waals surface area contributed by atoms with Crippen molar-refractivity contribution in [1.29, 1.82) is 5.26 Å². The molecule has 2 aromatic rings. The van der Waals surface area contributed by atoms with Gasteiger partial charge in [0.05, 0.1) is 11.3 Å². The van der Waals surface area contributed by atoms with Gasteiger partial charge < -0.3 is 10.1 Å². The zero-order valence-electron chi connectivity index (χ0n) is 10.5. The quantitative estimate of drug-likeness (QED) is 0.935. The van der Waals surface area contributed by atoms with E-state index in [1.165, 1.54) is 0 Å². The molecule has 0 unspecified atom stereocenters. The van der Waals surface area contributed by atoms with E-state index in [2.05, 4.69) is 21.2 Å². The van der Waals surface area contributed by atoms with Gasteiger partial charge in [-0.15, -0.1) is 0 Å². The average molecular weight is 331 g/mol. The van der Waals surface area contributed by atoms with Crippen molar-refractivity contribution in [2.24, 2.45) is 0 Å². The van der Waals surface area contributed by atoms with Crippen molar-refractivity contribution in [2.75, 3.05) is 11.9 Å². The highest BCUT2D eigenvalue weighted by Gasteiger charge is 2.08. The molecule has 100 valence electrons. The van der Waals surface area contributed by atoms with E-state index in [9.17, 15) is 4.79 Å². The number of nitriles is 1. The Hall–Kier alpha value is -2.32. The minimum atomic E-state index is -0.312. The van der Waals surface area contributed by atoms with Crippen molar-refractivity contribution in [2.45, 2.75) is 0 Å². The molecule has 2 rings (SSSR count). The number of halogens is 1. The Bertz CT molecular complexity index is 651. The fourth-order valence-electron chi connectivity index (χ4n) is 1.57. The molecule has 0 aliphatic carbocycles. The second kappa shape index (κ2) is 6.73. The minimum absolute atomic E-state index is 0.106. The van der Waals surface area contributed by atoms with Gasteiger partial charge in [0.15, 0.2) is 6.61 Å². The first-order chi connectivity index (χ1) is 9.69. The largest absolute Gasteiger partial charge is 0.484 e. The van der Waals surface area contributed by atoms with Crippen molar-refractivity contribution >= 4 is 27.5 Å². The second-order valence-electron chi connectivity index (χ2n) is 3.95. The van der Waals surface area contributed by atoms with E-state index in [4.69, 9.17) is 10.00 Å². The van der Waals surface area contributed by atoms with E-state index in [-0.39, 0.29) is 12.5 Å². The summed E-state index contributed by atoms with van der Waals surface area (Å²) in [4.78, 5) is 11.8. The van der Waals surface area contributed by atoms with Crippen LogP contribution in [0.25, 0.3) is 0 Å². The topological polar surface area (TPSA) is 62.1 Å². The maximum Gasteiger partial charge on any atom is 0.262 e. The molecule has 0 aliphatic rings. The Kier molecular flexibility index (Phi) is 4.75. The van der Waals surface area contributed by atoms with Crippen LogP contribution in [0.2, 0.25) is 0 Å². The van der Waals surface area contributed by atoms with Crippen LogP contribution in [-0.2, 0) is 4.79 Å². The monoisotopic (exact) mass is 330 g/mol. The number of hydrogen-bond acceptors (Lipinski definition) is 3. The number of benzene rings is 2. The third kappa shape index (κ3) is 3.84. The van der Waals surface area contributed by atoms with Gasteiger partial charge in [-0.2, -0.15) is 5.26 Å². The van der Waals surface area contributed by atoms with Crippen LogP contribution >= 0.6 is 15.9 Å². The van der Waals surface area contributed by atoms with Gasteiger partial charge in [0.25, 0.3) is 5.91 Å². The number of ether oxygens (including phenoxy) is 1. The molecular formula is C15H11BrN2O2. The molecular weight excluding hydrogens is 320 g/mol. The van der Waals surface area contributed by atoms with E-state index >= 15 is 0 Å². The molecule has 2 aromatic carbocycles. The van der Waals surface area contributed by atoms with Gasteiger partial charge in [-0.1, -0.05) is 34.1 Å². The highest BCUT2D eigenvalue weighted by atomic mass is 79.9. The summed E-state index contributed by atoms with van der Waals surface area (Å²) in [5, 5.41) is 11.7. The molecule has 20 heavy (non-hydrogen) atoms. The smallest absolute Gasteiger partial charge is 0.262 e. The maximum atomic E-state index is 11.8.